The van der Waals surface area contributed by atoms with Gasteiger partial charge in [-0.3, -0.25) is 9.48 Å². The molecule has 1 N–H and O–H groups in total. The second-order valence-electron chi connectivity index (χ2n) is 6.54. The number of rotatable bonds is 6. The Balaban J connectivity index is 1.86. The molecular formula is C22H23N3O4. The normalized spacial score (nSPS) is 10.5. The van der Waals surface area contributed by atoms with Crippen molar-refractivity contribution in [1.29, 1.82) is 0 Å². The zero-order valence-electron chi connectivity index (χ0n) is 16.9. The lowest BCUT2D eigenvalue weighted by Crippen LogP contribution is -2.14. The number of benzene rings is 2. The van der Waals surface area contributed by atoms with Crippen molar-refractivity contribution in [3.05, 3.63) is 76.6 Å². The number of nitrogens with zero attached hydrogens (tertiary/aromatic N) is 2. The Morgan fingerprint density at radius 3 is 2.55 bits per heavy atom. The predicted octanol–water partition coefficient (Wildman–Crippen LogP) is 3.60. The van der Waals surface area contributed by atoms with Gasteiger partial charge in [0.1, 0.15) is 5.75 Å². The third-order valence-corrected chi connectivity index (χ3v) is 4.69. The minimum atomic E-state index is -0.395. The summed E-state index contributed by atoms with van der Waals surface area (Å²) in [5.41, 5.74) is 3.90. The van der Waals surface area contributed by atoms with Crippen LogP contribution < -0.4 is 10.1 Å². The van der Waals surface area contributed by atoms with Crippen molar-refractivity contribution in [2.75, 3.05) is 19.5 Å². The maximum Gasteiger partial charge on any atom is 0.338 e. The van der Waals surface area contributed by atoms with Crippen LogP contribution in [-0.2, 0) is 11.3 Å². The average molecular weight is 393 g/mol. The summed E-state index contributed by atoms with van der Waals surface area (Å²) in [6.07, 6.45) is 0. The summed E-state index contributed by atoms with van der Waals surface area (Å²) in [5, 5.41) is 7.47. The van der Waals surface area contributed by atoms with Gasteiger partial charge in [-0.15, -0.1) is 0 Å². The largest absolute Gasteiger partial charge is 0.497 e. The summed E-state index contributed by atoms with van der Waals surface area (Å²) in [5.74, 6) is -0.0282. The Morgan fingerprint density at radius 2 is 1.83 bits per heavy atom. The Hall–Kier alpha value is -3.61. The summed E-state index contributed by atoms with van der Waals surface area (Å²) in [6.45, 7) is 4.09. The predicted molar refractivity (Wildman–Crippen MR) is 110 cm³/mol. The van der Waals surface area contributed by atoms with E-state index in [1.165, 1.54) is 7.11 Å². The van der Waals surface area contributed by atoms with Gasteiger partial charge in [-0.1, -0.05) is 24.3 Å². The van der Waals surface area contributed by atoms with Gasteiger partial charge in [-0.25, -0.2) is 4.79 Å². The molecule has 3 aromatic rings. The number of amides is 1. The standard InChI is InChI=1S/C22H23N3O4/c1-14-20(23-21(26)16-9-7-10-18(12-16)28-3)15(2)25(24-14)13-17-8-5-6-11-19(17)22(27)29-4/h5-12H,13H2,1-4H3,(H,23,26). The van der Waals surface area contributed by atoms with Gasteiger partial charge in [-0.2, -0.15) is 5.10 Å². The number of esters is 1. The smallest absolute Gasteiger partial charge is 0.338 e. The summed E-state index contributed by atoms with van der Waals surface area (Å²) in [4.78, 5) is 24.7. The van der Waals surface area contributed by atoms with Gasteiger partial charge in [-0.05, 0) is 43.7 Å². The number of carbonyl (C=O) groups is 2. The van der Waals surface area contributed by atoms with E-state index in [0.717, 1.165) is 11.3 Å². The molecule has 0 spiro atoms. The number of carbonyl (C=O) groups excluding carboxylic acids is 2. The minimum Gasteiger partial charge on any atom is -0.497 e. The number of methoxy groups -OCH3 is 2. The maximum absolute atomic E-state index is 12.7. The molecule has 29 heavy (non-hydrogen) atoms. The first-order valence-corrected chi connectivity index (χ1v) is 9.10. The Labute approximate surface area is 169 Å². The number of anilines is 1. The quantitative estimate of drug-likeness (QED) is 0.647. The van der Waals surface area contributed by atoms with Crippen LogP contribution in [0.2, 0.25) is 0 Å². The molecule has 0 aliphatic rings. The van der Waals surface area contributed by atoms with Crippen molar-refractivity contribution in [3.8, 4) is 5.75 Å². The molecule has 7 nitrogen and oxygen atoms in total. The monoisotopic (exact) mass is 393 g/mol. The fourth-order valence-corrected chi connectivity index (χ4v) is 3.11. The van der Waals surface area contributed by atoms with E-state index >= 15 is 0 Å². The molecule has 0 atom stereocenters. The number of ether oxygens (including phenoxy) is 2. The molecular weight excluding hydrogens is 370 g/mol. The van der Waals surface area contributed by atoms with Crippen LogP contribution in [0.15, 0.2) is 48.5 Å². The summed E-state index contributed by atoms with van der Waals surface area (Å²) < 4.78 is 11.8. The van der Waals surface area contributed by atoms with Gasteiger partial charge >= 0.3 is 5.97 Å². The highest BCUT2D eigenvalue weighted by Gasteiger charge is 2.18. The highest BCUT2D eigenvalue weighted by atomic mass is 16.5. The lowest BCUT2D eigenvalue weighted by molar-refractivity contribution is 0.0599. The van der Waals surface area contributed by atoms with E-state index in [4.69, 9.17) is 9.47 Å². The fourth-order valence-electron chi connectivity index (χ4n) is 3.11. The van der Waals surface area contributed by atoms with Crippen LogP contribution in [0, 0.1) is 13.8 Å². The van der Waals surface area contributed by atoms with Crippen LogP contribution in [0.3, 0.4) is 0 Å². The first kappa shape index (κ1) is 20.1. The van der Waals surface area contributed by atoms with E-state index < -0.39 is 5.97 Å². The molecule has 1 amide bonds. The van der Waals surface area contributed by atoms with E-state index in [1.54, 1.807) is 48.2 Å². The van der Waals surface area contributed by atoms with Gasteiger partial charge in [0.15, 0.2) is 0 Å². The van der Waals surface area contributed by atoms with Crippen molar-refractivity contribution in [2.24, 2.45) is 0 Å². The molecule has 0 bridgehead atoms. The summed E-state index contributed by atoms with van der Waals surface area (Å²) >= 11 is 0. The Kier molecular flexibility index (Phi) is 5.97. The number of aryl methyl sites for hydroxylation is 1. The Morgan fingerprint density at radius 1 is 1.07 bits per heavy atom. The summed E-state index contributed by atoms with van der Waals surface area (Å²) in [7, 11) is 2.91. The zero-order valence-corrected chi connectivity index (χ0v) is 16.9. The number of hydrogen-bond donors (Lipinski definition) is 1. The molecule has 7 heteroatoms. The molecule has 1 aromatic heterocycles. The summed E-state index contributed by atoms with van der Waals surface area (Å²) in [6, 6.07) is 14.2. The number of hydrogen-bond acceptors (Lipinski definition) is 5. The van der Waals surface area contributed by atoms with Crippen LogP contribution in [0.25, 0.3) is 0 Å². The molecule has 2 aromatic carbocycles. The van der Waals surface area contributed by atoms with Gasteiger partial charge in [0, 0.05) is 5.56 Å². The van der Waals surface area contributed by atoms with Gasteiger partial charge < -0.3 is 14.8 Å². The van der Waals surface area contributed by atoms with Crippen LogP contribution >= 0.6 is 0 Å². The van der Waals surface area contributed by atoms with E-state index in [2.05, 4.69) is 10.4 Å². The van der Waals surface area contributed by atoms with E-state index in [0.29, 0.717) is 34.8 Å². The molecule has 0 aliphatic carbocycles. The van der Waals surface area contributed by atoms with Crippen LogP contribution in [0.1, 0.15) is 37.7 Å². The van der Waals surface area contributed by atoms with Crippen molar-refractivity contribution >= 4 is 17.6 Å². The first-order valence-electron chi connectivity index (χ1n) is 9.10. The molecule has 3 rings (SSSR count). The van der Waals surface area contributed by atoms with E-state index in [-0.39, 0.29) is 5.91 Å². The van der Waals surface area contributed by atoms with Crippen molar-refractivity contribution in [1.82, 2.24) is 9.78 Å². The zero-order chi connectivity index (χ0) is 21.0. The first-order chi connectivity index (χ1) is 13.9. The molecule has 0 saturated carbocycles. The van der Waals surface area contributed by atoms with Gasteiger partial charge in [0.25, 0.3) is 5.91 Å². The minimum absolute atomic E-state index is 0.246. The number of aromatic nitrogens is 2. The van der Waals surface area contributed by atoms with Gasteiger partial charge in [0.05, 0.1) is 43.4 Å². The fraction of sp³-hybridized carbons (Fsp3) is 0.227. The second-order valence-corrected chi connectivity index (χ2v) is 6.54. The highest BCUT2D eigenvalue weighted by Crippen LogP contribution is 2.23. The Bertz CT molecular complexity index is 1060. The lowest BCUT2D eigenvalue weighted by atomic mass is 10.1. The molecule has 1 heterocycles. The molecule has 0 saturated heterocycles. The van der Waals surface area contributed by atoms with Crippen LogP contribution in [0.5, 0.6) is 5.75 Å². The van der Waals surface area contributed by atoms with E-state index in [1.807, 2.05) is 26.0 Å². The SMILES string of the molecule is COC(=O)c1ccccc1Cn1nc(C)c(NC(=O)c2cccc(OC)c2)c1C. The maximum atomic E-state index is 12.7. The van der Waals surface area contributed by atoms with E-state index in [9.17, 15) is 9.59 Å². The van der Waals surface area contributed by atoms with Gasteiger partial charge in [0.2, 0.25) is 0 Å². The third-order valence-electron chi connectivity index (χ3n) is 4.69. The lowest BCUT2D eigenvalue weighted by Gasteiger charge is -2.10. The highest BCUT2D eigenvalue weighted by molar-refractivity contribution is 6.05. The number of nitrogens with one attached hydrogen (secondary N) is 1. The van der Waals surface area contributed by atoms with Crippen molar-refractivity contribution in [2.45, 2.75) is 20.4 Å². The topological polar surface area (TPSA) is 82.5 Å². The molecule has 0 aliphatic heterocycles. The van der Waals surface area contributed by atoms with Crippen LogP contribution in [0.4, 0.5) is 5.69 Å². The molecule has 150 valence electrons. The third kappa shape index (κ3) is 4.29. The average Bonchev–Trinajstić information content (AvgIpc) is 3.00. The molecule has 0 radical (unpaired) electrons. The molecule has 0 unspecified atom stereocenters. The van der Waals surface area contributed by atoms with Crippen LogP contribution in [-0.4, -0.2) is 35.9 Å². The van der Waals surface area contributed by atoms with Crippen molar-refractivity contribution < 1.29 is 19.1 Å². The second kappa shape index (κ2) is 8.60. The van der Waals surface area contributed by atoms with Crippen molar-refractivity contribution in [3.63, 3.8) is 0 Å². The molecule has 0 fully saturated rings.